The van der Waals surface area contributed by atoms with Crippen molar-refractivity contribution in [3.8, 4) is 0 Å². The Balaban J connectivity index is 1.59. The van der Waals surface area contributed by atoms with Crippen LogP contribution in [0, 0.1) is 5.92 Å². The first-order valence-electron chi connectivity index (χ1n) is 11.9. The second kappa shape index (κ2) is 10.7. The third-order valence-corrected chi connectivity index (χ3v) is 6.72. The number of amides is 2. The van der Waals surface area contributed by atoms with Gasteiger partial charge < -0.3 is 10.2 Å². The standard InChI is InChI=1S/C24H34N6O2/c1-2-30-21(9-14-27-30)24(32)29-16-10-20-22(18-29)28(17-19-7-12-25-13-8-19)15-6-4-3-5-11-26-23(20)31/h7-9,12-14,20,22H,2-6,10-11,15-18H2,1H3,(H,26,31)/t20-,22-/m1/s1. The Hall–Kier alpha value is -2.74. The van der Waals surface area contributed by atoms with E-state index < -0.39 is 0 Å². The molecule has 0 bridgehead atoms. The molecule has 2 saturated heterocycles. The predicted molar refractivity (Wildman–Crippen MR) is 122 cm³/mol. The van der Waals surface area contributed by atoms with Gasteiger partial charge in [0.25, 0.3) is 5.91 Å². The average Bonchev–Trinajstić information content (AvgIpc) is 3.30. The molecule has 2 aromatic heterocycles. The van der Waals surface area contributed by atoms with Gasteiger partial charge in [0.2, 0.25) is 5.91 Å². The highest BCUT2D eigenvalue weighted by atomic mass is 16.2. The summed E-state index contributed by atoms with van der Waals surface area (Å²) in [6, 6.07) is 5.84. The van der Waals surface area contributed by atoms with Crippen LogP contribution in [0.25, 0.3) is 0 Å². The molecule has 2 fully saturated rings. The zero-order chi connectivity index (χ0) is 22.3. The highest BCUT2D eigenvalue weighted by molar-refractivity contribution is 5.93. The molecule has 4 heterocycles. The minimum atomic E-state index is -0.116. The topological polar surface area (TPSA) is 83.4 Å². The Bertz CT molecular complexity index is 899. The van der Waals surface area contributed by atoms with E-state index in [0.717, 1.165) is 45.3 Å². The molecule has 8 nitrogen and oxygen atoms in total. The zero-order valence-corrected chi connectivity index (χ0v) is 18.9. The molecule has 0 spiro atoms. The van der Waals surface area contributed by atoms with Gasteiger partial charge in [-0.25, -0.2) is 0 Å². The number of hydrogen-bond acceptors (Lipinski definition) is 5. The molecule has 2 aliphatic rings. The summed E-state index contributed by atoms with van der Waals surface area (Å²) < 4.78 is 1.74. The van der Waals surface area contributed by atoms with Crippen molar-refractivity contribution in [2.75, 3.05) is 26.2 Å². The van der Waals surface area contributed by atoms with Gasteiger partial charge in [0.15, 0.2) is 0 Å². The first-order chi connectivity index (χ1) is 15.7. The molecular formula is C24H34N6O2. The van der Waals surface area contributed by atoms with Crippen molar-refractivity contribution < 1.29 is 9.59 Å². The lowest BCUT2D eigenvalue weighted by Gasteiger charge is -2.43. The Morgan fingerprint density at radius 3 is 2.72 bits per heavy atom. The molecule has 2 atom stereocenters. The third kappa shape index (κ3) is 5.18. The van der Waals surface area contributed by atoms with Gasteiger partial charge in [0.05, 0.1) is 5.92 Å². The van der Waals surface area contributed by atoms with E-state index in [2.05, 4.69) is 20.3 Å². The van der Waals surface area contributed by atoms with E-state index >= 15 is 0 Å². The molecule has 2 aliphatic heterocycles. The number of carbonyl (C=O) groups excluding carboxylic acids is 2. The quantitative estimate of drug-likeness (QED) is 0.792. The highest BCUT2D eigenvalue weighted by Gasteiger charge is 2.39. The fourth-order valence-electron chi connectivity index (χ4n) is 4.94. The average molecular weight is 439 g/mol. The molecule has 172 valence electrons. The Morgan fingerprint density at radius 1 is 1.09 bits per heavy atom. The Labute approximate surface area is 190 Å². The molecule has 4 rings (SSSR count). The largest absolute Gasteiger partial charge is 0.356 e. The van der Waals surface area contributed by atoms with Gasteiger partial charge in [0.1, 0.15) is 5.69 Å². The lowest BCUT2D eigenvalue weighted by molar-refractivity contribution is -0.129. The maximum absolute atomic E-state index is 13.3. The first kappa shape index (κ1) is 22.5. The number of likely N-dealkylation sites (tertiary alicyclic amines) is 1. The van der Waals surface area contributed by atoms with Crippen molar-refractivity contribution in [3.63, 3.8) is 0 Å². The van der Waals surface area contributed by atoms with Crippen molar-refractivity contribution in [2.24, 2.45) is 5.92 Å². The lowest BCUT2D eigenvalue weighted by Crippen LogP contribution is -2.57. The second-order valence-electron chi connectivity index (χ2n) is 8.78. The van der Waals surface area contributed by atoms with E-state index in [4.69, 9.17) is 0 Å². The van der Waals surface area contributed by atoms with Crippen LogP contribution in [0.4, 0.5) is 0 Å². The number of nitrogens with zero attached hydrogens (tertiary/aromatic N) is 5. The highest BCUT2D eigenvalue weighted by Crippen LogP contribution is 2.27. The van der Waals surface area contributed by atoms with E-state index in [0.29, 0.717) is 31.7 Å². The van der Waals surface area contributed by atoms with Gasteiger partial charge in [-0.1, -0.05) is 12.8 Å². The number of aryl methyl sites for hydroxylation is 1. The minimum Gasteiger partial charge on any atom is -0.356 e. The smallest absolute Gasteiger partial charge is 0.272 e. The summed E-state index contributed by atoms with van der Waals surface area (Å²) in [5.41, 5.74) is 1.80. The van der Waals surface area contributed by atoms with Crippen LogP contribution in [-0.4, -0.2) is 68.6 Å². The molecule has 2 amide bonds. The van der Waals surface area contributed by atoms with Gasteiger partial charge in [-0.05, 0) is 56.5 Å². The maximum atomic E-state index is 13.3. The molecule has 1 N–H and O–H groups in total. The van der Waals surface area contributed by atoms with Crippen LogP contribution < -0.4 is 5.32 Å². The second-order valence-corrected chi connectivity index (χ2v) is 8.78. The molecule has 32 heavy (non-hydrogen) atoms. The van der Waals surface area contributed by atoms with Crippen molar-refractivity contribution in [2.45, 2.75) is 58.2 Å². The molecule has 0 radical (unpaired) electrons. The Kier molecular flexibility index (Phi) is 7.52. The number of aromatic nitrogens is 3. The SMILES string of the molecule is CCn1nccc1C(=O)N1CC[C@H]2C(=O)NCCCCCCN(Cc3ccncc3)[C@@H]2C1. The fraction of sp³-hybridized carbons (Fsp3) is 0.583. The van der Waals surface area contributed by atoms with Crippen LogP contribution in [-0.2, 0) is 17.9 Å². The first-order valence-corrected chi connectivity index (χ1v) is 11.9. The summed E-state index contributed by atoms with van der Waals surface area (Å²) in [6.45, 7) is 6.20. The van der Waals surface area contributed by atoms with Crippen LogP contribution in [0.5, 0.6) is 0 Å². The van der Waals surface area contributed by atoms with Crippen LogP contribution in [0.1, 0.15) is 55.1 Å². The summed E-state index contributed by atoms with van der Waals surface area (Å²) >= 11 is 0. The van der Waals surface area contributed by atoms with Crippen LogP contribution >= 0.6 is 0 Å². The molecule has 0 aromatic carbocycles. The minimum absolute atomic E-state index is 0.00128. The van der Waals surface area contributed by atoms with Gasteiger partial charge in [-0.15, -0.1) is 0 Å². The van der Waals surface area contributed by atoms with Crippen LogP contribution in [0.15, 0.2) is 36.8 Å². The van der Waals surface area contributed by atoms with Crippen LogP contribution in [0.2, 0.25) is 0 Å². The molecule has 2 aromatic rings. The zero-order valence-electron chi connectivity index (χ0n) is 18.9. The van der Waals surface area contributed by atoms with E-state index in [1.807, 2.05) is 36.4 Å². The van der Waals surface area contributed by atoms with Crippen molar-refractivity contribution in [1.82, 2.24) is 29.9 Å². The lowest BCUT2D eigenvalue weighted by atomic mass is 9.88. The summed E-state index contributed by atoms with van der Waals surface area (Å²) in [6.07, 6.45) is 10.4. The summed E-state index contributed by atoms with van der Waals surface area (Å²) in [4.78, 5) is 34.9. The molecule has 8 heteroatoms. The number of fused-ring (bicyclic) bond motifs is 1. The molecular weight excluding hydrogens is 404 g/mol. The summed E-state index contributed by atoms with van der Waals surface area (Å²) in [7, 11) is 0. The number of rotatable bonds is 4. The van der Waals surface area contributed by atoms with Crippen LogP contribution in [0.3, 0.4) is 0 Å². The molecule has 0 unspecified atom stereocenters. The summed E-state index contributed by atoms with van der Waals surface area (Å²) in [5, 5.41) is 7.42. The van der Waals surface area contributed by atoms with Crippen molar-refractivity contribution in [1.29, 1.82) is 0 Å². The van der Waals surface area contributed by atoms with E-state index in [1.165, 1.54) is 5.56 Å². The number of nitrogens with one attached hydrogen (secondary N) is 1. The Morgan fingerprint density at radius 2 is 1.91 bits per heavy atom. The van der Waals surface area contributed by atoms with Gasteiger partial charge in [-0.3, -0.25) is 24.2 Å². The fourth-order valence-corrected chi connectivity index (χ4v) is 4.94. The number of pyridine rings is 1. The van der Waals surface area contributed by atoms with Gasteiger partial charge in [-0.2, -0.15) is 5.10 Å². The number of piperidine rings is 1. The van der Waals surface area contributed by atoms with E-state index in [9.17, 15) is 9.59 Å². The number of carbonyl (C=O) groups is 2. The van der Waals surface area contributed by atoms with Crippen molar-refractivity contribution >= 4 is 11.8 Å². The van der Waals surface area contributed by atoms with Crippen molar-refractivity contribution in [3.05, 3.63) is 48.0 Å². The molecule has 0 saturated carbocycles. The maximum Gasteiger partial charge on any atom is 0.272 e. The third-order valence-electron chi connectivity index (χ3n) is 6.72. The predicted octanol–water partition coefficient (Wildman–Crippen LogP) is 2.32. The van der Waals surface area contributed by atoms with E-state index in [1.54, 1.807) is 16.9 Å². The normalized spacial score (nSPS) is 23.2. The molecule has 0 aliphatic carbocycles. The number of hydrogen-bond donors (Lipinski definition) is 1. The monoisotopic (exact) mass is 438 g/mol. The van der Waals surface area contributed by atoms with Gasteiger partial charge >= 0.3 is 0 Å². The van der Waals surface area contributed by atoms with Gasteiger partial charge in [0, 0.05) is 57.4 Å². The summed E-state index contributed by atoms with van der Waals surface area (Å²) in [5.74, 6) is 0.0128. The van der Waals surface area contributed by atoms with E-state index in [-0.39, 0.29) is 23.8 Å².